The quantitative estimate of drug-likeness (QED) is 0.0273. The molecule has 0 saturated carbocycles. The molecule has 3 saturated heterocycles. The van der Waals surface area contributed by atoms with Gasteiger partial charge in [0.25, 0.3) is 0 Å². The highest BCUT2D eigenvalue weighted by Gasteiger charge is 2.47. The van der Waals surface area contributed by atoms with Gasteiger partial charge in [0.2, 0.25) is 100 Å². The molecule has 3 fully saturated rings. The zero-order valence-corrected chi connectivity index (χ0v) is 75.9. The molecule has 0 radical (unpaired) electrons. The molecule has 3 aliphatic rings. The summed E-state index contributed by atoms with van der Waals surface area (Å²) in [5.74, 6) is -20.0. The number of nitrogens with two attached hydrogens (primary N) is 4. The van der Waals surface area contributed by atoms with Crippen molar-refractivity contribution in [2.24, 2.45) is 28.9 Å². The second-order valence-electron chi connectivity index (χ2n) is 33.6. The molecule has 3 aromatic heterocycles. The molecule has 17 amide bonds. The van der Waals surface area contributed by atoms with Crippen molar-refractivity contribution < 1.29 is 102 Å². The summed E-state index contributed by atoms with van der Waals surface area (Å²) in [6.07, 6.45) is 1.21. The highest BCUT2D eigenvalue weighted by atomic mass is 32.2. The van der Waals surface area contributed by atoms with Gasteiger partial charge in [0.05, 0.1) is 36.8 Å². The first-order chi connectivity index (χ1) is 63.3. The number of aromatic hydroxyl groups is 1. The molecule has 133 heavy (non-hydrogen) atoms. The van der Waals surface area contributed by atoms with E-state index >= 15 is 38.4 Å². The lowest BCUT2D eigenvalue weighted by Gasteiger charge is -2.38. The normalized spacial score (nSPS) is 25.2. The summed E-state index contributed by atoms with van der Waals surface area (Å²) < 4.78 is 0. The number of primary amides is 2. The Morgan fingerprint density at radius 1 is 0.571 bits per heavy atom. The summed E-state index contributed by atoms with van der Waals surface area (Å²) in [6, 6.07) is -2.84. The number of carboxylic acid groups (broad SMARTS) is 1. The Bertz CT molecular complexity index is 5190. The first kappa shape index (κ1) is 103. The number of hydrogen-bond acceptors (Lipinski definition) is 24. The van der Waals surface area contributed by atoms with Crippen LogP contribution in [0.15, 0.2) is 97.7 Å². The minimum Gasteiger partial charge on any atom is -0.508 e. The maximum Gasteiger partial charge on any atom is 0.303 e. The lowest BCUT2D eigenvalue weighted by molar-refractivity contribution is -0.150. The van der Waals surface area contributed by atoms with Gasteiger partial charge in [0, 0.05) is 125 Å². The maximum absolute atomic E-state index is 15.8. The summed E-state index contributed by atoms with van der Waals surface area (Å²) in [4.78, 5) is 280. The number of phenolic OH excluding ortho intramolecular Hbond substituents is 1. The highest BCUT2D eigenvalue weighted by molar-refractivity contribution is 8.00. The van der Waals surface area contributed by atoms with E-state index in [0.29, 0.717) is 51.3 Å². The van der Waals surface area contributed by atoms with Crippen molar-refractivity contribution in [3.63, 3.8) is 0 Å². The smallest absolute Gasteiger partial charge is 0.303 e. The molecule has 16 atom stereocenters. The number of carbonyl (C=O) groups excluding carboxylic acids is 17. The lowest BCUT2D eigenvalue weighted by atomic mass is 9.95. The average molecular weight is 1870 g/mol. The van der Waals surface area contributed by atoms with Crippen LogP contribution in [-0.2, 0) is 112 Å². The predicted octanol–water partition coefficient (Wildman–Crippen LogP) is -4.20. The number of hydrogen-bond donors (Lipinski definition) is 20. The van der Waals surface area contributed by atoms with Gasteiger partial charge in [-0.2, -0.15) is 0 Å². The fraction of sp³-hybridized carbons (Fsp3) is 0.511. The molecular weight excluding hydrogens is 1750 g/mol. The molecular formula is C88H121N23O21S. The highest BCUT2D eigenvalue weighted by Crippen LogP contribution is 2.28. The van der Waals surface area contributed by atoms with E-state index in [-0.39, 0.29) is 75.9 Å². The molecule has 44 nitrogen and oxygen atoms in total. The third-order valence-electron chi connectivity index (χ3n) is 24.0. The van der Waals surface area contributed by atoms with Gasteiger partial charge in [0.15, 0.2) is 0 Å². The first-order valence-electron chi connectivity index (χ1n) is 44.1. The number of aliphatic hydroxyl groups excluding tert-OH is 1. The Labute approximate surface area is 770 Å². The van der Waals surface area contributed by atoms with Crippen LogP contribution in [-0.4, -0.2) is 322 Å². The van der Waals surface area contributed by atoms with Gasteiger partial charge in [-0.15, -0.1) is 11.8 Å². The average Bonchev–Trinajstić information content (AvgIpc) is 1.69. The van der Waals surface area contributed by atoms with Crippen molar-refractivity contribution in [1.82, 2.24) is 97.6 Å². The molecule has 720 valence electrons. The van der Waals surface area contributed by atoms with Gasteiger partial charge in [-0.05, 0) is 92.4 Å². The number of carbonyl (C=O) groups is 18. The van der Waals surface area contributed by atoms with Crippen LogP contribution in [0, 0.1) is 5.92 Å². The Kier molecular flexibility index (Phi) is 37.7. The van der Waals surface area contributed by atoms with Crippen LogP contribution < -0.4 is 76.1 Å². The monoisotopic (exact) mass is 1870 g/mol. The van der Waals surface area contributed by atoms with Gasteiger partial charge in [-0.25, -0.2) is 4.98 Å². The number of aromatic amines is 3. The number of para-hydroxylation sites is 2. The first-order valence-corrected chi connectivity index (χ1v) is 45.2. The van der Waals surface area contributed by atoms with E-state index in [2.05, 4.69) is 73.1 Å². The van der Waals surface area contributed by atoms with Crippen molar-refractivity contribution in [2.75, 3.05) is 65.4 Å². The van der Waals surface area contributed by atoms with E-state index in [4.69, 9.17) is 22.9 Å². The van der Waals surface area contributed by atoms with Crippen molar-refractivity contribution in [3.05, 3.63) is 120 Å². The Morgan fingerprint density at radius 2 is 1.13 bits per heavy atom. The molecule has 45 heteroatoms. The number of amides is 17. The third kappa shape index (κ3) is 27.8. The van der Waals surface area contributed by atoms with E-state index in [1.54, 1.807) is 74.8 Å². The second kappa shape index (κ2) is 48.5. The van der Waals surface area contributed by atoms with Crippen molar-refractivity contribution in [2.45, 2.75) is 215 Å². The number of thioether (sulfide) groups is 1. The van der Waals surface area contributed by atoms with E-state index in [1.165, 1.54) is 64.9 Å². The molecule has 0 bridgehead atoms. The van der Waals surface area contributed by atoms with Crippen LogP contribution in [0.5, 0.6) is 5.75 Å². The molecule has 3 aliphatic heterocycles. The number of imidazole rings is 1. The molecule has 3 aromatic carbocycles. The minimum atomic E-state index is -1.84. The summed E-state index contributed by atoms with van der Waals surface area (Å²) >= 11 is 0.748. The lowest BCUT2D eigenvalue weighted by Crippen LogP contribution is -2.62. The molecule has 0 aliphatic carbocycles. The van der Waals surface area contributed by atoms with Crippen LogP contribution in [0.1, 0.15) is 121 Å². The standard InChI is InChI=1S/C88H121N23O21S/c1-8-10-20-68-88(132)109(7)74(46(3)9-2)83(127)105-65(37-90)80(124)106-66(76(120)96-41-71(92)115)43-133-44-72(116)98-62(31-48-22-24-52(112)25-23-48)84(128)107(5)47(4)75(119)103-64(36-70(91)114)87(131)110-30-15-21-67(110)81(125)102-61(34-51-40-93-45-97-51)79(123)100-59(26-27-73(117)118)86(130)111-42-53(113)35-69(111)82(126)101-60(32-49-38-94-56-18-13-11-16-54(49)56)78(122)99-58(28-29-89)77(121)104-63(85(129)108(68)6)33-50-39-95-57-19-14-12-17-55(50)57/h11-14,16-19,22-25,38-40,45-47,53,58-69,74,94-95,112-113H,8-10,15,20-21,26-37,41-44,89-90H2,1-7H3,(H2,91,114)(H2,92,115)(H,93,97)(H,96,120)(H,98,116)(H,99,122)(H,100,123)(H,101,126)(H,102,125)(H,103,119)(H,104,121)(H,105,127)(H,106,124)(H,117,118)/t46?,47-,53+,58-,59-,60-,61-,62-,63-,64-,65-,66-,67-,68-,69-,74-/m0/s1. The number of aliphatic carboxylic acids is 1. The van der Waals surface area contributed by atoms with E-state index in [1.807, 2.05) is 6.92 Å². The molecule has 1 unspecified atom stereocenters. The zero-order valence-electron chi connectivity index (χ0n) is 75.1. The van der Waals surface area contributed by atoms with E-state index in [0.717, 1.165) is 36.3 Å². The van der Waals surface area contributed by atoms with Gasteiger partial charge in [-0.1, -0.05) is 88.6 Å². The van der Waals surface area contributed by atoms with Gasteiger partial charge in [0.1, 0.15) is 90.3 Å². The maximum atomic E-state index is 15.8. The van der Waals surface area contributed by atoms with Gasteiger partial charge in [-0.3, -0.25) is 86.3 Å². The summed E-state index contributed by atoms with van der Waals surface area (Å²) in [6.45, 7) is 4.14. The number of nitrogens with one attached hydrogen (secondary N) is 13. The molecule has 9 rings (SSSR count). The topological polar surface area (TPSA) is 669 Å². The number of aromatic nitrogens is 4. The largest absolute Gasteiger partial charge is 0.508 e. The number of aliphatic hydroxyl groups is 1. The van der Waals surface area contributed by atoms with Crippen LogP contribution in [0.25, 0.3) is 21.8 Å². The number of phenols is 1. The summed E-state index contributed by atoms with van der Waals surface area (Å²) in [5.41, 5.74) is 26.4. The number of likely N-dealkylation sites (N-methyl/N-ethyl adjacent to an activating group) is 3. The molecule has 0 spiro atoms. The third-order valence-corrected chi connectivity index (χ3v) is 25.1. The number of carboxylic acids is 1. The van der Waals surface area contributed by atoms with Gasteiger partial charge >= 0.3 is 5.97 Å². The predicted molar refractivity (Wildman–Crippen MR) is 484 cm³/mol. The number of rotatable bonds is 24. The SMILES string of the molecule is CCCC[C@H]1C(=O)N(C)[C@@H](C(C)CC)C(=O)N[C@@H](CN)C(=O)N[C@H](C(=O)NCC(N)=O)CSCC(=O)N[C@@H](Cc2ccc(O)cc2)C(=O)N(C)[C@@H](C)C(=O)N[C@@H](CC(N)=O)C(=O)N2CCC[C@H]2C(=O)N[C@@H](Cc2c[nH]cn2)C(=O)N[C@@H](CCC(=O)O)C(=O)N2C[C@H](O)C[C@H]2C(=O)N[C@@H](Cc2c[nH]c3ccccc23)C(=O)N[C@@H](CCN)C(=O)N[C@@H](Cc2c[nH]c3ccccc23)C(=O)N1C. The fourth-order valence-corrected chi connectivity index (χ4v) is 17.3. The number of H-pyrrole nitrogens is 3. The van der Waals surface area contributed by atoms with Gasteiger partial charge < -0.3 is 131 Å². The van der Waals surface area contributed by atoms with Crippen LogP contribution in [0.2, 0.25) is 0 Å². The minimum absolute atomic E-state index is 0.00361. The Balaban J connectivity index is 1.10. The number of unbranched alkanes of at least 4 members (excludes halogenated alkanes) is 1. The van der Waals surface area contributed by atoms with Crippen LogP contribution in [0.4, 0.5) is 0 Å². The summed E-state index contributed by atoms with van der Waals surface area (Å²) in [7, 11) is 3.88. The zero-order chi connectivity index (χ0) is 97.2. The fourth-order valence-electron chi connectivity index (χ4n) is 16.4. The van der Waals surface area contributed by atoms with Crippen molar-refractivity contribution >= 4 is 140 Å². The Morgan fingerprint density at radius 3 is 1.72 bits per heavy atom. The van der Waals surface area contributed by atoms with Crippen LogP contribution in [0.3, 0.4) is 0 Å². The Hall–Kier alpha value is -13.6. The van der Waals surface area contributed by atoms with Crippen molar-refractivity contribution in [3.8, 4) is 5.75 Å². The summed E-state index contributed by atoms with van der Waals surface area (Å²) in [5, 5.41) is 59.0. The van der Waals surface area contributed by atoms with E-state index < -0.39 is 266 Å². The van der Waals surface area contributed by atoms with Crippen LogP contribution >= 0.6 is 11.8 Å². The molecule has 24 N–H and O–H groups in total. The van der Waals surface area contributed by atoms with Crippen molar-refractivity contribution in [1.29, 1.82) is 0 Å². The number of fused-ring (bicyclic) bond motifs is 4. The molecule has 6 heterocycles. The molecule has 6 aromatic rings. The number of benzene rings is 3. The second-order valence-corrected chi connectivity index (χ2v) is 34.6. The van der Waals surface area contributed by atoms with E-state index in [9.17, 15) is 63.3 Å². The number of nitrogens with zero attached hydrogens (tertiary/aromatic N) is 6.